The minimum atomic E-state index is -4.98. The van der Waals surface area contributed by atoms with Crippen LogP contribution >= 0.6 is 11.3 Å². The van der Waals surface area contributed by atoms with Crippen LogP contribution in [0.2, 0.25) is 0 Å². The van der Waals surface area contributed by atoms with Crippen LogP contribution in [0.1, 0.15) is 27.8 Å². The molecular formula is C26H17F5N2O2S. The summed E-state index contributed by atoms with van der Waals surface area (Å²) in [6, 6.07) is 11.3. The van der Waals surface area contributed by atoms with E-state index in [1.54, 1.807) is 32.0 Å². The zero-order chi connectivity index (χ0) is 26.4. The number of phenolic OH excluding ortho intramolecular Hbond substituents is 1. The fourth-order valence-corrected chi connectivity index (χ4v) is 4.91. The maximum atomic E-state index is 14.4. The summed E-state index contributed by atoms with van der Waals surface area (Å²) in [6.45, 7) is 2.91. The molecule has 1 N–H and O–H groups in total. The van der Waals surface area contributed by atoms with Gasteiger partial charge in [0, 0.05) is 16.5 Å². The molecule has 2 aromatic heterocycles. The summed E-state index contributed by atoms with van der Waals surface area (Å²) in [5.74, 6) is -1.70. The third kappa shape index (κ3) is 4.62. The Bertz CT molecular complexity index is 1570. The topological polar surface area (TPSA) is 66.0 Å². The van der Waals surface area contributed by atoms with Crippen LogP contribution in [0.4, 0.5) is 22.0 Å². The quantitative estimate of drug-likeness (QED) is 0.304. The molecule has 0 saturated heterocycles. The van der Waals surface area contributed by atoms with Gasteiger partial charge in [-0.05, 0) is 66.9 Å². The van der Waals surface area contributed by atoms with Crippen LogP contribution < -0.4 is 5.56 Å². The van der Waals surface area contributed by atoms with Gasteiger partial charge in [-0.15, -0.1) is 11.3 Å². The van der Waals surface area contributed by atoms with E-state index in [0.29, 0.717) is 33.7 Å². The van der Waals surface area contributed by atoms with Crippen LogP contribution in [0.3, 0.4) is 0 Å². The van der Waals surface area contributed by atoms with E-state index in [-0.39, 0.29) is 21.9 Å². The van der Waals surface area contributed by atoms with Crippen LogP contribution in [0.25, 0.3) is 21.0 Å². The molecule has 184 valence electrons. The van der Waals surface area contributed by atoms with Gasteiger partial charge in [-0.25, -0.2) is 8.78 Å². The number of aromatic hydroxyl groups is 1. The van der Waals surface area contributed by atoms with E-state index in [0.717, 1.165) is 28.0 Å². The number of rotatable bonds is 4. The maximum absolute atomic E-state index is 14.4. The predicted molar refractivity (Wildman–Crippen MR) is 126 cm³/mol. The number of nitrogens with zero attached hydrogens (tertiary/aromatic N) is 2. The first kappa shape index (κ1) is 25.1. The van der Waals surface area contributed by atoms with Gasteiger partial charge in [0.25, 0.3) is 5.56 Å². The lowest BCUT2D eigenvalue weighted by atomic mass is 10.0. The second-order valence-electron chi connectivity index (χ2n) is 8.18. The van der Waals surface area contributed by atoms with Crippen molar-refractivity contribution in [3.8, 4) is 32.8 Å². The van der Waals surface area contributed by atoms with Gasteiger partial charge in [-0.1, -0.05) is 6.07 Å². The lowest BCUT2D eigenvalue weighted by Crippen LogP contribution is -2.28. The maximum Gasteiger partial charge on any atom is 0.417 e. The van der Waals surface area contributed by atoms with E-state index in [9.17, 15) is 37.1 Å². The number of nitriles is 1. The minimum Gasteiger partial charge on any atom is -0.507 e. The van der Waals surface area contributed by atoms with Crippen molar-refractivity contribution in [3.05, 3.63) is 98.3 Å². The number of aromatic nitrogens is 1. The molecule has 0 amide bonds. The van der Waals surface area contributed by atoms with Crippen LogP contribution in [0, 0.1) is 36.8 Å². The number of hydrogen-bond donors (Lipinski definition) is 1. The molecule has 0 aliphatic carbocycles. The highest BCUT2D eigenvalue weighted by Gasteiger charge is 2.36. The zero-order valence-corrected chi connectivity index (χ0v) is 19.7. The molecule has 0 unspecified atom stereocenters. The summed E-state index contributed by atoms with van der Waals surface area (Å²) in [5.41, 5.74) is -2.12. The Morgan fingerprint density at radius 1 is 1.00 bits per heavy atom. The zero-order valence-electron chi connectivity index (χ0n) is 18.9. The number of alkyl halides is 3. The van der Waals surface area contributed by atoms with E-state index < -0.39 is 41.0 Å². The van der Waals surface area contributed by atoms with Crippen LogP contribution in [0.15, 0.2) is 53.3 Å². The third-order valence-corrected chi connectivity index (χ3v) is 6.85. The second-order valence-corrected chi connectivity index (χ2v) is 9.26. The Balaban J connectivity index is 1.94. The summed E-state index contributed by atoms with van der Waals surface area (Å²) in [4.78, 5) is 14.0. The van der Waals surface area contributed by atoms with Crippen LogP contribution in [0.5, 0.6) is 5.75 Å². The van der Waals surface area contributed by atoms with Crippen molar-refractivity contribution in [2.45, 2.75) is 26.6 Å². The van der Waals surface area contributed by atoms with Crippen molar-refractivity contribution in [1.82, 2.24) is 4.57 Å². The molecule has 0 bridgehead atoms. The average molecular weight is 516 g/mol. The normalized spacial score (nSPS) is 11.5. The molecule has 4 aromatic rings. The van der Waals surface area contributed by atoms with Gasteiger partial charge < -0.3 is 9.67 Å². The monoisotopic (exact) mass is 516 g/mol. The molecule has 0 atom stereocenters. The van der Waals surface area contributed by atoms with Gasteiger partial charge in [0.1, 0.15) is 29.0 Å². The van der Waals surface area contributed by atoms with E-state index >= 15 is 0 Å². The standard InChI is InChI=1S/C26H17F5N2O2S/c1-13-7-16(8-14(2)24(13)34)22-5-6-23(36-22)21-10-19(26(29,30)31)18(11-32)25(35)33(21)12-15-3-4-17(27)9-20(15)28/h3-10,34H,12H2,1-2H3. The summed E-state index contributed by atoms with van der Waals surface area (Å²) in [6.07, 6.45) is -4.98. The van der Waals surface area contributed by atoms with E-state index in [1.165, 1.54) is 12.1 Å². The summed E-state index contributed by atoms with van der Waals surface area (Å²) < 4.78 is 69.9. The van der Waals surface area contributed by atoms with Gasteiger partial charge in [0.05, 0.1) is 22.7 Å². The largest absolute Gasteiger partial charge is 0.507 e. The molecule has 2 heterocycles. The Morgan fingerprint density at radius 2 is 1.64 bits per heavy atom. The molecule has 0 spiro atoms. The van der Waals surface area contributed by atoms with Gasteiger partial charge in [0.15, 0.2) is 0 Å². The van der Waals surface area contributed by atoms with E-state index in [1.807, 2.05) is 0 Å². The average Bonchev–Trinajstić information content (AvgIpc) is 3.29. The van der Waals surface area contributed by atoms with Gasteiger partial charge >= 0.3 is 6.18 Å². The smallest absolute Gasteiger partial charge is 0.417 e. The Hall–Kier alpha value is -3.97. The van der Waals surface area contributed by atoms with Crippen LogP contribution in [-0.2, 0) is 12.7 Å². The number of aryl methyl sites for hydroxylation is 2. The highest BCUT2D eigenvalue weighted by atomic mass is 32.1. The number of phenols is 1. The molecule has 4 nitrogen and oxygen atoms in total. The fourth-order valence-electron chi connectivity index (χ4n) is 3.89. The van der Waals surface area contributed by atoms with Crippen molar-refractivity contribution in [2.75, 3.05) is 0 Å². The van der Waals surface area contributed by atoms with Gasteiger partial charge in [-0.2, -0.15) is 18.4 Å². The molecule has 0 aliphatic heterocycles. The molecule has 0 aliphatic rings. The van der Waals surface area contributed by atoms with Crippen molar-refractivity contribution in [3.63, 3.8) is 0 Å². The molecule has 0 fully saturated rings. The van der Waals surface area contributed by atoms with Crippen molar-refractivity contribution in [1.29, 1.82) is 5.26 Å². The SMILES string of the molecule is Cc1cc(-c2ccc(-c3cc(C(F)(F)F)c(C#N)c(=O)n3Cc3ccc(F)cc3F)s2)cc(C)c1O. The lowest BCUT2D eigenvalue weighted by molar-refractivity contribution is -0.137. The molecule has 36 heavy (non-hydrogen) atoms. The number of benzene rings is 2. The minimum absolute atomic E-state index is 0.132. The first-order valence-corrected chi connectivity index (χ1v) is 11.3. The van der Waals surface area contributed by atoms with Gasteiger partial charge in [-0.3, -0.25) is 4.79 Å². The molecule has 0 saturated carbocycles. The molecular weight excluding hydrogens is 499 g/mol. The highest BCUT2D eigenvalue weighted by Crippen LogP contribution is 2.39. The van der Waals surface area contributed by atoms with Crippen molar-refractivity contribution >= 4 is 11.3 Å². The van der Waals surface area contributed by atoms with Crippen LogP contribution in [-0.4, -0.2) is 9.67 Å². The van der Waals surface area contributed by atoms with Crippen molar-refractivity contribution < 1.29 is 27.1 Å². The van der Waals surface area contributed by atoms with E-state index in [2.05, 4.69) is 0 Å². The number of thiophene rings is 1. The number of halogens is 5. The van der Waals surface area contributed by atoms with E-state index in [4.69, 9.17) is 0 Å². The summed E-state index contributed by atoms with van der Waals surface area (Å²) in [5, 5.41) is 19.4. The van der Waals surface area contributed by atoms with Gasteiger partial charge in [0.2, 0.25) is 0 Å². The first-order chi connectivity index (χ1) is 16.9. The third-order valence-electron chi connectivity index (χ3n) is 5.70. The lowest BCUT2D eigenvalue weighted by Gasteiger charge is -2.17. The number of hydrogen-bond acceptors (Lipinski definition) is 4. The fraction of sp³-hybridized carbons (Fsp3) is 0.154. The Morgan fingerprint density at radius 3 is 2.22 bits per heavy atom. The first-order valence-electron chi connectivity index (χ1n) is 10.5. The predicted octanol–water partition coefficient (Wildman–Crippen LogP) is 6.78. The molecule has 2 aromatic carbocycles. The van der Waals surface area contributed by atoms with Crippen molar-refractivity contribution in [2.24, 2.45) is 0 Å². The molecule has 4 rings (SSSR count). The summed E-state index contributed by atoms with van der Waals surface area (Å²) >= 11 is 1.09. The Labute approximate surface area is 206 Å². The molecule has 0 radical (unpaired) electrons. The number of pyridine rings is 1. The highest BCUT2D eigenvalue weighted by molar-refractivity contribution is 7.18. The Kier molecular flexibility index (Phi) is 6.45. The molecule has 10 heteroatoms. The second kappa shape index (κ2) is 9.24. The summed E-state index contributed by atoms with van der Waals surface area (Å²) in [7, 11) is 0.